The molecule has 0 aromatic heterocycles. The Morgan fingerprint density at radius 3 is 2.47 bits per heavy atom. The molecule has 94 valence electrons. The summed E-state index contributed by atoms with van der Waals surface area (Å²) in [7, 11) is -3.77. The summed E-state index contributed by atoms with van der Waals surface area (Å²) in [6, 6.07) is 5.97. The summed E-state index contributed by atoms with van der Waals surface area (Å²) in [4.78, 5) is 12.9. The summed E-state index contributed by atoms with van der Waals surface area (Å²) >= 11 is 3.19. The van der Waals surface area contributed by atoms with Crippen LogP contribution >= 0.6 is 15.9 Å². The quantitative estimate of drug-likeness (QED) is 0.820. The topological polar surface area (TPSA) is 84.5 Å². The fraction of sp³-hybridized carbons (Fsp3) is 0.222. The second-order valence-electron chi connectivity index (χ2n) is 2.90. The zero-order valence-corrected chi connectivity index (χ0v) is 11.3. The number of benzene rings is 1. The minimum atomic E-state index is -3.77. The van der Waals surface area contributed by atoms with Gasteiger partial charge in [0.2, 0.25) is 0 Å². The third-order valence-corrected chi connectivity index (χ3v) is 3.48. The van der Waals surface area contributed by atoms with Crippen molar-refractivity contribution in [2.75, 3.05) is 6.61 Å². The Balaban J connectivity index is 2.69. The molecular formula is C9H11BrN2O4S. The molecule has 8 heteroatoms. The van der Waals surface area contributed by atoms with Gasteiger partial charge >= 0.3 is 6.09 Å². The Kier molecular flexibility index (Phi) is 4.91. The first-order valence-corrected chi connectivity index (χ1v) is 6.93. The van der Waals surface area contributed by atoms with Gasteiger partial charge in [0.25, 0.3) is 10.0 Å². The van der Waals surface area contributed by atoms with Gasteiger partial charge in [-0.05, 0) is 31.2 Å². The van der Waals surface area contributed by atoms with Crippen molar-refractivity contribution < 1.29 is 17.9 Å². The van der Waals surface area contributed by atoms with E-state index in [0.717, 1.165) is 4.47 Å². The molecule has 0 heterocycles. The van der Waals surface area contributed by atoms with Crippen molar-refractivity contribution in [2.24, 2.45) is 0 Å². The molecule has 0 bridgehead atoms. The fourth-order valence-corrected chi connectivity index (χ4v) is 2.04. The summed E-state index contributed by atoms with van der Waals surface area (Å²) in [5.74, 6) is 0. The van der Waals surface area contributed by atoms with Gasteiger partial charge < -0.3 is 4.74 Å². The van der Waals surface area contributed by atoms with Crippen LogP contribution in [-0.2, 0) is 14.8 Å². The summed E-state index contributed by atoms with van der Waals surface area (Å²) in [6.45, 7) is 1.77. The van der Waals surface area contributed by atoms with E-state index in [1.807, 2.05) is 10.3 Å². The number of hydrogen-bond donors (Lipinski definition) is 2. The summed E-state index contributed by atoms with van der Waals surface area (Å²) in [6.07, 6.45) is -0.854. The molecule has 0 unspecified atom stereocenters. The molecule has 17 heavy (non-hydrogen) atoms. The third-order valence-electron chi connectivity index (χ3n) is 1.69. The average molecular weight is 323 g/mol. The molecule has 0 fully saturated rings. The molecule has 1 aromatic rings. The van der Waals surface area contributed by atoms with Crippen LogP contribution in [0.1, 0.15) is 6.92 Å². The number of amides is 1. The molecule has 1 aromatic carbocycles. The van der Waals surface area contributed by atoms with E-state index in [-0.39, 0.29) is 11.5 Å². The van der Waals surface area contributed by atoms with Gasteiger partial charge in [0.05, 0.1) is 11.5 Å². The van der Waals surface area contributed by atoms with Crippen molar-refractivity contribution in [1.29, 1.82) is 0 Å². The van der Waals surface area contributed by atoms with Crippen LogP contribution in [0.4, 0.5) is 4.79 Å². The normalized spacial score (nSPS) is 10.9. The van der Waals surface area contributed by atoms with E-state index in [1.54, 1.807) is 19.1 Å². The van der Waals surface area contributed by atoms with Crippen molar-refractivity contribution in [3.63, 3.8) is 0 Å². The molecule has 0 aliphatic heterocycles. The van der Waals surface area contributed by atoms with Crippen LogP contribution in [0, 0.1) is 0 Å². The van der Waals surface area contributed by atoms with Gasteiger partial charge in [0.15, 0.2) is 0 Å². The maximum absolute atomic E-state index is 11.7. The minimum absolute atomic E-state index is 0.0394. The lowest BCUT2D eigenvalue weighted by atomic mass is 10.4. The molecule has 0 saturated heterocycles. The number of carbonyl (C=O) groups is 1. The highest BCUT2D eigenvalue weighted by Crippen LogP contribution is 2.13. The summed E-state index contributed by atoms with van der Waals surface area (Å²) in [5, 5.41) is 0. The molecule has 0 spiro atoms. The molecule has 6 nitrogen and oxygen atoms in total. The van der Waals surface area contributed by atoms with Gasteiger partial charge in [0.1, 0.15) is 0 Å². The van der Waals surface area contributed by atoms with Crippen LogP contribution < -0.4 is 10.3 Å². The largest absolute Gasteiger partial charge is 0.449 e. The van der Waals surface area contributed by atoms with Crippen LogP contribution in [0.25, 0.3) is 0 Å². The molecule has 1 rings (SSSR count). The van der Waals surface area contributed by atoms with Crippen LogP contribution in [0.2, 0.25) is 0 Å². The van der Waals surface area contributed by atoms with Crippen molar-refractivity contribution in [3.05, 3.63) is 28.7 Å². The van der Waals surface area contributed by atoms with E-state index < -0.39 is 16.1 Å². The standard InChI is InChI=1S/C9H11BrN2O4S/c1-2-16-9(13)11-12-17(14,15)8-5-3-7(10)4-6-8/h3-6,12H,2H2,1H3,(H,11,13). The Hall–Kier alpha value is -1.12. The van der Waals surface area contributed by atoms with Gasteiger partial charge in [-0.15, -0.1) is 4.83 Å². The summed E-state index contributed by atoms with van der Waals surface area (Å²) in [5.41, 5.74) is 1.93. The lowest BCUT2D eigenvalue weighted by molar-refractivity contribution is 0.150. The minimum Gasteiger partial charge on any atom is -0.449 e. The first kappa shape index (κ1) is 13.9. The number of nitrogens with one attached hydrogen (secondary N) is 2. The molecule has 0 aliphatic rings. The number of hydrazine groups is 1. The smallest absolute Gasteiger partial charge is 0.422 e. The first-order valence-electron chi connectivity index (χ1n) is 4.66. The van der Waals surface area contributed by atoms with E-state index >= 15 is 0 Å². The van der Waals surface area contributed by atoms with Crippen LogP contribution in [0.5, 0.6) is 0 Å². The van der Waals surface area contributed by atoms with Gasteiger partial charge in [0, 0.05) is 4.47 Å². The van der Waals surface area contributed by atoms with Gasteiger partial charge in [-0.2, -0.15) is 0 Å². The van der Waals surface area contributed by atoms with Crippen LogP contribution in [-0.4, -0.2) is 21.1 Å². The van der Waals surface area contributed by atoms with Crippen molar-refractivity contribution in [1.82, 2.24) is 10.3 Å². The van der Waals surface area contributed by atoms with E-state index in [4.69, 9.17) is 0 Å². The highest BCUT2D eigenvalue weighted by atomic mass is 79.9. The highest BCUT2D eigenvalue weighted by Gasteiger charge is 2.14. The zero-order chi connectivity index (χ0) is 12.9. The van der Waals surface area contributed by atoms with Crippen LogP contribution in [0.3, 0.4) is 0 Å². The molecule has 0 saturated carbocycles. The molecule has 0 radical (unpaired) electrons. The summed E-state index contributed by atoms with van der Waals surface area (Å²) < 4.78 is 28.6. The van der Waals surface area contributed by atoms with E-state index in [1.165, 1.54) is 12.1 Å². The number of rotatable bonds is 4. The van der Waals surface area contributed by atoms with Gasteiger partial charge in [-0.25, -0.2) is 18.6 Å². The molecule has 1 amide bonds. The molecular weight excluding hydrogens is 312 g/mol. The van der Waals surface area contributed by atoms with E-state index in [0.29, 0.717) is 0 Å². The van der Waals surface area contributed by atoms with Crippen molar-refractivity contribution >= 4 is 32.0 Å². The molecule has 0 aliphatic carbocycles. The Morgan fingerprint density at radius 2 is 1.94 bits per heavy atom. The molecule has 0 atom stereocenters. The number of sulfonamides is 1. The Bertz CT molecular complexity index is 486. The SMILES string of the molecule is CCOC(=O)NNS(=O)(=O)c1ccc(Br)cc1. The van der Waals surface area contributed by atoms with Gasteiger partial charge in [-0.3, -0.25) is 0 Å². The van der Waals surface area contributed by atoms with E-state index in [9.17, 15) is 13.2 Å². The Labute approximate surface area is 107 Å². The third kappa shape index (κ3) is 4.33. The lowest BCUT2D eigenvalue weighted by Gasteiger charge is -2.08. The monoisotopic (exact) mass is 322 g/mol. The second-order valence-corrected chi connectivity index (χ2v) is 5.50. The maximum atomic E-state index is 11.7. The number of hydrogen-bond acceptors (Lipinski definition) is 4. The average Bonchev–Trinajstić information content (AvgIpc) is 2.28. The Morgan fingerprint density at radius 1 is 1.35 bits per heavy atom. The molecule has 2 N–H and O–H groups in total. The van der Waals surface area contributed by atoms with E-state index in [2.05, 4.69) is 20.7 Å². The van der Waals surface area contributed by atoms with Gasteiger partial charge in [-0.1, -0.05) is 15.9 Å². The number of ether oxygens (including phenoxy) is 1. The zero-order valence-electron chi connectivity index (χ0n) is 8.94. The predicted molar refractivity (Wildman–Crippen MR) is 64.6 cm³/mol. The first-order chi connectivity index (χ1) is 7.95. The maximum Gasteiger partial charge on any atom is 0.422 e. The van der Waals surface area contributed by atoms with Crippen LogP contribution in [0.15, 0.2) is 33.6 Å². The fourth-order valence-electron chi connectivity index (χ4n) is 0.949. The van der Waals surface area contributed by atoms with Crippen molar-refractivity contribution in [3.8, 4) is 0 Å². The number of halogens is 1. The number of carbonyl (C=O) groups excluding carboxylic acids is 1. The predicted octanol–water partition coefficient (Wildman–Crippen LogP) is 1.39. The lowest BCUT2D eigenvalue weighted by Crippen LogP contribution is -2.41. The second kappa shape index (κ2) is 5.99. The highest BCUT2D eigenvalue weighted by molar-refractivity contribution is 9.10. The van der Waals surface area contributed by atoms with Crippen molar-refractivity contribution in [2.45, 2.75) is 11.8 Å².